The Morgan fingerprint density at radius 1 is 1.31 bits per heavy atom. The van der Waals surface area contributed by atoms with E-state index in [-0.39, 0.29) is 0 Å². The lowest BCUT2D eigenvalue weighted by Gasteiger charge is -2.09. The first-order chi connectivity index (χ1) is 7.43. The topological polar surface area (TPSA) is 96.7 Å². The van der Waals surface area contributed by atoms with E-state index in [1.54, 1.807) is 0 Å². The molecule has 16 heavy (non-hydrogen) atoms. The second kappa shape index (κ2) is 4.51. The molecule has 0 aliphatic carbocycles. The molecule has 0 radical (unpaired) electrons. The number of nitrogens with zero attached hydrogens (tertiary/aromatic N) is 1. The minimum absolute atomic E-state index is 0.687. The highest BCUT2D eigenvalue weighted by Gasteiger charge is 2.23. The Morgan fingerprint density at radius 3 is 2.38 bits per heavy atom. The molecule has 1 aromatic heterocycles. The third-order valence-electron chi connectivity index (χ3n) is 1.54. The molecular formula is C8H5F2NO5. The Kier molecular flexibility index (Phi) is 3.33. The Balaban J connectivity index is 3.34. The molecule has 8 heteroatoms. The van der Waals surface area contributed by atoms with Crippen molar-refractivity contribution in [2.75, 3.05) is 0 Å². The molecular weight excluding hydrogens is 228 g/mol. The van der Waals surface area contributed by atoms with Crippen LogP contribution >= 0.6 is 0 Å². The number of pyridine rings is 1. The van der Waals surface area contributed by atoms with E-state index in [0.717, 1.165) is 12.3 Å². The Hall–Kier alpha value is -2.25. The molecule has 0 aromatic carbocycles. The lowest BCUT2D eigenvalue weighted by molar-refractivity contribution is -0.0511. The second-order valence-corrected chi connectivity index (χ2v) is 2.53. The Morgan fingerprint density at radius 2 is 1.94 bits per heavy atom. The highest BCUT2D eigenvalue weighted by Crippen LogP contribution is 2.24. The van der Waals surface area contributed by atoms with Gasteiger partial charge >= 0.3 is 18.6 Å². The molecule has 1 aromatic rings. The number of carboxylic acid groups (broad SMARTS) is 2. The molecule has 0 amide bonds. The van der Waals surface area contributed by atoms with Crippen LogP contribution in [0.15, 0.2) is 12.3 Å². The zero-order valence-corrected chi connectivity index (χ0v) is 7.55. The summed E-state index contributed by atoms with van der Waals surface area (Å²) in [5.41, 5.74) is -1.56. The summed E-state index contributed by atoms with van der Waals surface area (Å²) in [6.45, 7) is -3.33. The number of halogens is 2. The highest BCUT2D eigenvalue weighted by atomic mass is 19.3. The smallest absolute Gasteiger partial charge is 0.387 e. The summed E-state index contributed by atoms with van der Waals surface area (Å²) in [5, 5.41) is 17.2. The Labute approximate surface area is 87.1 Å². The first-order valence-electron chi connectivity index (χ1n) is 3.84. The van der Waals surface area contributed by atoms with Gasteiger partial charge in [-0.2, -0.15) is 8.78 Å². The summed E-state index contributed by atoms with van der Waals surface area (Å²) < 4.78 is 27.8. The maximum absolute atomic E-state index is 12.0. The minimum atomic E-state index is -3.33. The number of carboxylic acids is 2. The molecule has 0 fully saturated rings. The summed E-state index contributed by atoms with van der Waals surface area (Å²) in [6.07, 6.45) is 0.880. The summed E-state index contributed by atoms with van der Waals surface area (Å²) in [6, 6.07) is 0.868. The predicted molar refractivity (Wildman–Crippen MR) is 44.8 cm³/mol. The van der Waals surface area contributed by atoms with Crippen molar-refractivity contribution in [3.63, 3.8) is 0 Å². The second-order valence-electron chi connectivity index (χ2n) is 2.53. The van der Waals surface area contributed by atoms with E-state index in [9.17, 15) is 18.4 Å². The van der Waals surface area contributed by atoms with Gasteiger partial charge in [0.25, 0.3) is 0 Å². The van der Waals surface area contributed by atoms with E-state index in [1.165, 1.54) is 0 Å². The van der Waals surface area contributed by atoms with Gasteiger partial charge in [0, 0.05) is 6.20 Å². The van der Waals surface area contributed by atoms with Crippen LogP contribution in [0, 0.1) is 0 Å². The van der Waals surface area contributed by atoms with Crippen LogP contribution < -0.4 is 4.74 Å². The van der Waals surface area contributed by atoms with Crippen molar-refractivity contribution in [3.8, 4) is 5.75 Å². The fourth-order valence-corrected chi connectivity index (χ4v) is 0.977. The molecule has 6 nitrogen and oxygen atoms in total. The highest BCUT2D eigenvalue weighted by molar-refractivity contribution is 5.97. The van der Waals surface area contributed by atoms with E-state index in [4.69, 9.17) is 10.2 Å². The number of carbonyl (C=O) groups is 2. The average molecular weight is 233 g/mol. The van der Waals surface area contributed by atoms with Gasteiger partial charge in [-0.05, 0) is 6.07 Å². The molecule has 0 aliphatic rings. The van der Waals surface area contributed by atoms with Crippen LogP contribution in [-0.4, -0.2) is 33.7 Å². The first kappa shape index (κ1) is 11.8. The largest absolute Gasteiger partial charge is 0.478 e. The van der Waals surface area contributed by atoms with Crippen LogP contribution in [0.3, 0.4) is 0 Å². The van der Waals surface area contributed by atoms with Crippen LogP contribution in [0.1, 0.15) is 20.8 Å². The molecule has 1 heterocycles. The molecule has 0 saturated carbocycles. The summed E-state index contributed by atoms with van der Waals surface area (Å²) in [5.74, 6) is -4.20. The standard InChI is InChI=1S/C8H5F2NO5/c9-8(10)16-5-3(6(12)13)1-2-11-4(5)7(14)15/h1-2,8H,(H,12,13)(H,14,15). The van der Waals surface area contributed by atoms with Crippen molar-refractivity contribution in [3.05, 3.63) is 23.5 Å². The molecule has 0 bridgehead atoms. The minimum Gasteiger partial charge on any atom is -0.478 e. The third-order valence-corrected chi connectivity index (χ3v) is 1.54. The molecule has 0 aliphatic heterocycles. The number of ether oxygens (including phenoxy) is 1. The maximum Gasteiger partial charge on any atom is 0.387 e. The fraction of sp³-hybridized carbons (Fsp3) is 0.125. The zero-order valence-electron chi connectivity index (χ0n) is 7.55. The molecule has 1 rings (SSSR count). The van der Waals surface area contributed by atoms with Crippen molar-refractivity contribution < 1.29 is 33.3 Å². The summed E-state index contributed by atoms with van der Waals surface area (Å²) in [4.78, 5) is 24.5. The van der Waals surface area contributed by atoms with Crippen molar-refractivity contribution in [2.45, 2.75) is 6.61 Å². The van der Waals surface area contributed by atoms with Crippen LogP contribution in [0.5, 0.6) is 5.75 Å². The van der Waals surface area contributed by atoms with Gasteiger partial charge < -0.3 is 14.9 Å². The predicted octanol–water partition coefficient (Wildman–Crippen LogP) is 1.08. The molecule has 0 saturated heterocycles. The van der Waals surface area contributed by atoms with Crippen LogP contribution in [0.2, 0.25) is 0 Å². The van der Waals surface area contributed by atoms with Gasteiger partial charge in [-0.1, -0.05) is 0 Å². The maximum atomic E-state index is 12.0. The SMILES string of the molecule is O=C(O)c1ccnc(C(=O)O)c1OC(F)F. The fourth-order valence-electron chi connectivity index (χ4n) is 0.977. The lowest BCUT2D eigenvalue weighted by Crippen LogP contribution is -2.13. The van der Waals surface area contributed by atoms with Gasteiger partial charge in [0.15, 0.2) is 11.4 Å². The van der Waals surface area contributed by atoms with Crippen molar-refractivity contribution in [2.24, 2.45) is 0 Å². The number of aromatic nitrogens is 1. The van der Waals surface area contributed by atoms with Gasteiger partial charge in [-0.3, -0.25) is 0 Å². The van der Waals surface area contributed by atoms with Crippen molar-refractivity contribution in [1.29, 1.82) is 0 Å². The summed E-state index contributed by atoms with van der Waals surface area (Å²) in [7, 11) is 0. The molecule has 0 spiro atoms. The van der Waals surface area contributed by atoms with E-state index in [0.29, 0.717) is 0 Å². The van der Waals surface area contributed by atoms with Crippen LogP contribution in [-0.2, 0) is 0 Å². The van der Waals surface area contributed by atoms with Gasteiger partial charge in [0.2, 0.25) is 0 Å². The average Bonchev–Trinajstić information content (AvgIpc) is 2.16. The van der Waals surface area contributed by atoms with Gasteiger partial charge in [0.05, 0.1) is 0 Å². The number of alkyl halides is 2. The Bertz CT molecular complexity index is 402. The quantitative estimate of drug-likeness (QED) is 0.807. The van der Waals surface area contributed by atoms with E-state index in [2.05, 4.69) is 9.72 Å². The molecule has 0 unspecified atom stereocenters. The van der Waals surface area contributed by atoms with E-state index < -0.39 is 35.6 Å². The normalized spacial score (nSPS) is 10.2. The van der Waals surface area contributed by atoms with Gasteiger partial charge in [-0.15, -0.1) is 0 Å². The van der Waals surface area contributed by atoms with E-state index in [1.807, 2.05) is 0 Å². The molecule has 2 N–H and O–H groups in total. The number of rotatable bonds is 4. The third kappa shape index (κ3) is 2.41. The lowest BCUT2D eigenvalue weighted by atomic mass is 10.2. The number of hydrogen-bond acceptors (Lipinski definition) is 4. The van der Waals surface area contributed by atoms with E-state index >= 15 is 0 Å². The molecule has 86 valence electrons. The van der Waals surface area contributed by atoms with Crippen molar-refractivity contribution >= 4 is 11.9 Å². The van der Waals surface area contributed by atoms with Gasteiger partial charge in [-0.25, -0.2) is 14.6 Å². The number of hydrogen-bond donors (Lipinski definition) is 2. The molecule has 0 atom stereocenters. The monoisotopic (exact) mass is 233 g/mol. The zero-order chi connectivity index (χ0) is 12.3. The van der Waals surface area contributed by atoms with Gasteiger partial charge in [0.1, 0.15) is 5.56 Å². The summed E-state index contributed by atoms with van der Waals surface area (Å²) >= 11 is 0. The van der Waals surface area contributed by atoms with Crippen LogP contribution in [0.4, 0.5) is 8.78 Å². The number of aromatic carboxylic acids is 2. The van der Waals surface area contributed by atoms with Crippen LogP contribution in [0.25, 0.3) is 0 Å². The first-order valence-corrected chi connectivity index (χ1v) is 3.84. The van der Waals surface area contributed by atoms with Crippen molar-refractivity contribution in [1.82, 2.24) is 4.98 Å².